The molecule has 0 spiro atoms. The van der Waals surface area contributed by atoms with E-state index in [-0.39, 0.29) is 11.7 Å². The van der Waals surface area contributed by atoms with Crippen molar-refractivity contribution >= 4 is 11.6 Å². The number of nitrogens with one attached hydrogen (secondary N) is 1. The molecule has 0 aromatic heterocycles. The van der Waals surface area contributed by atoms with E-state index < -0.39 is 0 Å². The minimum absolute atomic E-state index is 0.0643. The van der Waals surface area contributed by atoms with Crippen molar-refractivity contribution in [2.24, 2.45) is 5.92 Å². The molecule has 15 heavy (non-hydrogen) atoms. The second-order valence-electron chi connectivity index (χ2n) is 4.26. The molecular weight excluding hydrogens is 193 g/mol. The fourth-order valence-corrected chi connectivity index (χ4v) is 1.20. The summed E-state index contributed by atoms with van der Waals surface area (Å²) in [6.45, 7) is 6.50. The topological polar surface area (TPSA) is 29.1 Å². The fraction of sp³-hybridized carbons (Fsp3) is 0.417. The molecule has 82 valence electrons. The zero-order valence-corrected chi connectivity index (χ0v) is 9.30. The molecule has 2 nitrogen and oxygen atoms in total. The van der Waals surface area contributed by atoms with Crippen LogP contribution < -0.4 is 5.32 Å². The van der Waals surface area contributed by atoms with E-state index in [1.807, 2.05) is 0 Å². The van der Waals surface area contributed by atoms with Crippen LogP contribution in [0.25, 0.3) is 0 Å². The zero-order chi connectivity index (χ0) is 11.4. The summed E-state index contributed by atoms with van der Waals surface area (Å²) in [6, 6.07) is 4.30. The number of carbonyl (C=O) groups is 1. The summed E-state index contributed by atoms with van der Waals surface area (Å²) in [5.74, 6) is 0.478. The molecule has 0 saturated carbocycles. The van der Waals surface area contributed by atoms with Crippen LogP contribution in [0.2, 0.25) is 0 Å². The van der Waals surface area contributed by atoms with Crippen LogP contribution in [0, 0.1) is 11.7 Å². The number of fused-ring (bicyclic) bond motifs is 1. The van der Waals surface area contributed by atoms with Crippen molar-refractivity contribution in [2.75, 3.05) is 5.32 Å². The van der Waals surface area contributed by atoms with Crippen LogP contribution in [-0.4, -0.2) is 5.91 Å². The third-order valence-electron chi connectivity index (χ3n) is 1.69. The van der Waals surface area contributed by atoms with Gasteiger partial charge in [-0.25, -0.2) is 4.39 Å². The average molecular weight is 209 g/mol. The molecule has 0 saturated heterocycles. The first-order valence-corrected chi connectivity index (χ1v) is 5.07. The summed E-state index contributed by atoms with van der Waals surface area (Å²) < 4.78 is 12.5. The summed E-state index contributed by atoms with van der Waals surface area (Å²) in [5, 5.41) is 2.62. The van der Waals surface area contributed by atoms with Crippen molar-refractivity contribution in [1.29, 1.82) is 0 Å². The van der Waals surface area contributed by atoms with Gasteiger partial charge in [-0.05, 0) is 29.7 Å². The highest BCUT2D eigenvalue weighted by atomic mass is 19.1. The maximum absolute atomic E-state index is 12.5. The van der Waals surface area contributed by atoms with Gasteiger partial charge in [0.05, 0.1) is 6.42 Å². The molecule has 1 heterocycles. The molecule has 3 heteroatoms. The quantitative estimate of drug-likeness (QED) is 0.699. The summed E-state index contributed by atoms with van der Waals surface area (Å²) in [5.41, 5.74) is 1.48. The molecule has 1 aromatic carbocycles. The van der Waals surface area contributed by atoms with E-state index in [1.54, 1.807) is 6.07 Å². The number of hydrogen-bond acceptors (Lipinski definition) is 1. The Morgan fingerprint density at radius 2 is 1.93 bits per heavy atom. The Morgan fingerprint density at radius 3 is 2.53 bits per heavy atom. The molecule has 1 amide bonds. The van der Waals surface area contributed by atoms with Gasteiger partial charge < -0.3 is 5.32 Å². The minimum Gasteiger partial charge on any atom is -0.326 e. The smallest absolute Gasteiger partial charge is 0.228 e. The number of halogens is 1. The van der Waals surface area contributed by atoms with Crippen molar-refractivity contribution in [1.82, 2.24) is 0 Å². The third kappa shape index (κ3) is 3.70. The Labute approximate surface area is 89.5 Å². The van der Waals surface area contributed by atoms with E-state index in [2.05, 4.69) is 26.1 Å². The molecule has 0 unspecified atom stereocenters. The lowest BCUT2D eigenvalue weighted by molar-refractivity contribution is -0.115. The standard InChI is InChI=1S/C8H6FNO.C4H10/c9-6-1-2-7-5(3-6)4-8(11)10-7;1-4(2)3/h1-3H,4H2,(H,10,11);4H,1-3H3. The number of rotatable bonds is 0. The van der Waals surface area contributed by atoms with Crippen LogP contribution in [0.4, 0.5) is 10.1 Å². The summed E-state index contributed by atoms with van der Waals surface area (Å²) in [4.78, 5) is 10.8. The van der Waals surface area contributed by atoms with Gasteiger partial charge in [-0.2, -0.15) is 0 Å². The molecular formula is C12H16FNO. The molecule has 0 radical (unpaired) electrons. The van der Waals surface area contributed by atoms with Gasteiger partial charge >= 0.3 is 0 Å². The Morgan fingerprint density at radius 1 is 1.33 bits per heavy atom. The maximum atomic E-state index is 12.5. The SMILES string of the molecule is CC(C)C.O=C1Cc2cc(F)ccc2N1. The van der Waals surface area contributed by atoms with Gasteiger partial charge in [-0.3, -0.25) is 4.79 Å². The lowest BCUT2D eigenvalue weighted by atomic mass is 10.2. The number of benzene rings is 1. The van der Waals surface area contributed by atoms with E-state index in [1.165, 1.54) is 12.1 Å². The van der Waals surface area contributed by atoms with Gasteiger partial charge in [0.25, 0.3) is 0 Å². The maximum Gasteiger partial charge on any atom is 0.228 e. The normalized spacial score (nSPS) is 13.0. The first-order chi connectivity index (χ1) is 6.99. The Hall–Kier alpha value is -1.38. The largest absolute Gasteiger partial charge is 0.326 e. The van der Waals surface area contributed by atoms with Gasteiger partial charge in [0.15, 0.2) is 0 Å². The van der Waals surface area contributed by atoms with Crippen molar-refractivity contribution in [3.8, 4) is 0 Å². The number of anilines is 1. The second kappa shape index (κ2) is 4.91. The van der Waals surface area contributed by atoms with E-state index in [0.717, 1.165) is 17.2 Å². The van der Waals surface area contributed by atoms with E-state index in [0.29, 0.717) is 6.42 Å². The van der Waals surface area contributed by atoms with Crippen molar-refractivity contribution in [3.05, 3.63) is 29.6 Å². The summed E-state index contributed by atoms with van der Waals surface area (Å²) in [7, 11) is 0. The van der Waals surface area contributed by atoms with Gasteiger partial charge in [-0.15, -0.1) is 0 Å². The minimum atomic E-state index is -0.291. The monoisotopic (exact) mass is 209 g/mol. The van der Waals surface area contributed by atoms with Crippen molar-refractivity contribution < 1.29 is 9.18 Å². The van der Waals surface area contributed by atoms with Gasteiger partial charge in [0, 0.05) is 5.69 Å². The van der Waals surface area contributed by atoms with E-state index in [9.17, 15) is 9.18 Å². The van der Waals surface area contributed by atoms with Crippen LogP contribution in [0.1, 0.15) is 26.3 Å². The first kappa shape index (κ1) is 11.7. The predicted octanol–water partition coefficient (Wildman–Crippen LogP) is 2.98. The third-order valence-corrected chi connectivity index (χ3v) is 1.69. The predicted molar refractivity (Wildman–Crippen MR) is 59.2 cm³/mol. The van der Waals surface area contributed by atoms with Crippen LogP contribution >= 0.6 is 0 Å². The molecule has 0 atom stereocenters. The van der Waals surface area contributed by atoms with Crippen molar-refractivity contribution in [2.45, 2.75) is 27.2 Å². The highest BCUT2D eigenvalue weighted by molar-refractivity contribution is 5.98. The molecule has 1 aliphatic heterocycles. The summed E-state index contributed by atoms with van der Waals surface area (Å²) >= 11 is 0. The molecule has 0 bridgehead atoms. The molecule has 1 aromatic rings. The number of carbonyl (C=O) groups excluding carboxylic acids is 1. The van der Waals surface area contributed by atoms with Gasteiger partial charge in [0.2, 0.25) is 5.91 Å². The number of hydrogen-bond donors (Lipinski definition) is 1. The summed E-state index contributed by atoms with van der Waals surface area (Å²) in [6.07, 6.45) is 0.299. The number of amides is 1. The second-order valence-corrected chi connectivity index (χ2v) is 4.26. The van der Waals surface area contributed by atoms with Crippen LogP contribution in [0.5, 0.6) is 0 Å². The fourth-order valence-electron chi connectivity index (χ4n) is 1.20. The Balaban J connectivity index is 0.000000245. The average Bonchev–Trinajstić information content (AvgIpc) is 2.42. The van der Waals surface area contributed by atoms with Crippen LogP contribution in [-0.2, 0) is 11.2 Å². The molecule has 2 rings (SSSR count). The molecule has 0 aliphatic carbocycles. The highest BCUT2D eigenvalue weighted by Crippen LogP contribution is 2.22. The van der Waals surface area contributed by atoms with E-state index >= 15 is 0 Å². The first-order valence-electron chi connectivity index (χ1n) is 5.07. The molecule has 1 N–H and O–H groups in total. The van der Waals surface area contributed by atoms with E-state index in [4.69, 9.17) is 0 Å². The van der Waals surface area contributed by atoms with Crippen LogP contribution in [0.15, 0.2) is 18.2 Å². The van der Waals surface area contributed by atoms with Crippen molar-refractivity contribution in [3.63, 3.8) is 0 Å². The molecule has 0 fully saturated rings. The van der Waals surface area contributed by atoms with Gasteiger partial charge in [0.1, 0.15) is 5.82 Å². The van der Waals surface area contributed by atoms with Crippen LogP contribution in [0.3, 0.4) is 0 Å². The lowest BCUT2D eigenvalue weighted by Gasteiger charge is -1.95. The molecule has 1 aliphatic rings. The Kier molecular flexibility index (Phi) is 3.83. The lowest BCUT2D eigenvalue weighted by Crippen LogP contribution is -2.03. The van der Waals surface area contributed by atoms with Gasteiger partial charge in [-0.1, -0.05) is 20.8 Å². The Bertz CT molecular complexity index is 358. The zero-order valence-electron chi connectivity index (χ0n) is 9.30. The highest BCUT2D eigenvalue weighted by Gasteiger charge is 2.16.